The highest BCUT2D eigenvalue weighted by Gasteiger charge is 2.20. The molecule has 112 valence electrons. The fraction of sp³-hybridized carbons (Fsp3) is 0.200. The van der Waals surface area contributed by atoms with E-state index in [1.807, 2.05) is 36.6 Å². The largest absolute Gasteiger partial charge is 0.476 e. The highest BCUT2D eigenvalue weighted by atomic mass is 32.1. The highest BCUT2D eigenvalue weighted by Crippen LogP contribution is 2.17. The zero-order valence-corrected chi connectivity index (χ0v) is 12.7. The number of carbonyl (C=O) groups is 1. The molecule has 0 aliphatic carbocycles. The normalized spacial score (nSPS) is 10.8. The Kier molecular flexibility index (Phi) is 3.97. The molecule has 0 radical (unpaired) electrons. The molecular weight excluding hydrogens is 300 g/mol. The number of aryl methyl sites for hydroxylation is 2. The highest BCUT2D eigenvalue weighted by molar-refractivity contribution is 7.12. The van der Waals surface area contributed by atoms with Crippen LogP contribution in [0.1, 0.15) is 27.3 Å². The van der Waals surface area contributed by atoms with Gasteiger partial charge in [-0.25, -0.2) is 9.78 Å². The fourth-order valence-electron chi connectivity index (χ4n) is 2.18. The third kappa shape index (κ3) is 2.89. The van der Waals surface area contributed by atoms with E-state index in [2.05, 4.69) is 15.3 Å². The number of thiazole rings is 1. The fourth-order valence-corrected chi connectivity index (χ4v) is 2.80. The molecule has 7 heteroatoms. The topological polar surface area (TPSA) is 80.9 Å². The first-order valence-corrected chi connectivity index (χ1v) is 7.66. The summed E-state index contributed by atoms with van der Waals surface area (Å²) in [7, 11) is 0. The van der Waals surface area contributed by atoms with Crippen LogP contribution in [0.5, 0.6) is 0 Å². The second-order valence-electron chi connectivity index (χ2n) is 4.90. The van der Waals surface area contributed by atoms with Crippen molar-refractivity contribution in [2.24, 2.45) is 0 Å². The number of carboxylic acids is 1. The Morgan fingerprint density at radius 3 is 2.68 bits per heavy atom. The molecule has 0 amide bonds. The Bertz CT molecular complexity index is 778. The smallest absolute Gasteiger partial charge is 0.358 e. The van der Waals surface area contributed by atoms with E-state index in [0.29, 0.717) is 17.2 Å². The van der Waals surface area contributed by atoms with Crippen LogP contribution in [-0.2, 0) is 12.8 Å². The number of hydrogen-bond donors (Lipinski definition) is 1. The lowest BCUT2D eigenvalue weighted by Gasteiger charge is -2.05. The molecule has 1 aromatic carbocycles. The number of benzene rings is 1. The summed E-state index contributed by atoms with van der Waals surface area (Å²) in [5.41, 5.74) is 2.91. The Labute approximate surface area is 131 Å². The van der Waals surface area contributed by atoms with Gasteiger partial charge in [0.1, 0.15) is 0 Å². The van der Waals surface area contributed by atoms with Gasteiger partial charge in [0.2, 0.25) is 5.13 Å². The predicted molar refractivity (Wildman–Crippen MR) is 82.6 cm³/mol. The van der Waals surface area contributed by atoms with Gasteiger partial charge in [-0.1, -0.05) is 35.0 Å². The van der Waals surface area contributed by atoms with Crippen LogP contribution in [0.25, 0.3) is 5.13 Å². The summed E-state index contributed by atoms with van der Waals surface area (Å²) in [5.74, 6) is -1.07. The quantitative estimate of drug-likeness (QED) is 0.782. The van der Waals surface area contributed by atoms with Crippen molar-refractivity contribution < 1.29 is 9.90 Å². The van der Waals surface area contributed by atoms with Gasteiger partial charge in [-0.15, -0.1) is 16.4 Å². The Balaban J connectivity index is 1.89. The van der Waals surface area contributed by atoms with Gasteiger partial charge >= 0.3 is 5.97 Å². The Morgan fingerprint density at radius 2 is 2.05 bits per heavy atom. The minimum Gasteiger partial charge on any atom is -0.476 e. The standard InChI is InChI=1S/C15H14N4O2S/c1-10-2-4-11(5-3-10)6-7-12-13(14(20)21)17-18-19(12)15-16-8-9-22-15/h2-5,8-9H,6-7H2,1H3,(H,20,21). The Morgan fingerprint density at radius 1 is 1.27 bits per heavy atom. The molecule has 0 aliphatic heterocycles. The Hall–Kier alpha value is -2.54. The molecule has 0 unspecified atom stereocenters. The molecule has 0 atom stereocenters. The summed E-state index contributed by atoms with van der Waals surface area (Å²) in [5, 5.41) is 19.4. The van der Waals surface area contributed by atoms with E-state index in [9.17, 15) is 9.90 Å². The molecule has 0 bridgehead atoms. The molecule has 0 spiro atoms. The van der Waals surface area contributed by atoms with Gasteiger partial charge in [0, 0.05) is 11.6 Å². The minimum absolute atomic E-state index is 0.0117. The summed E-state index contributed by atoms with van der Waals surface area (Å²) in [4.78, 5) is 15.5. The van der Waals surface area contributed by atoms with Gasteiger partial charge in [0.15, 0.2) is 5.69 Å². The van der Waals surface area contributed by atoms with E-state index < -0.39 is 5.97 Å². The second kappa shape index (κ2) is 6.07. The number of aromatic nitrogens is 4. The van der Waals surface area contributed by atoms with E-state index in [1.165, 1.54) is 21.6 Å². The summed E-state index contributed by atoms with van der Waals surface area (Å²) >= 11 is 1.40. The van der Waals surface area contributed by atoms with Crippen LogP contribution in [0.2, 0.25) is 0 Å². The number of rotatable bonds is 5. The number of nitrogens with zero attached hydrogens (tertiary/aromatic N) is 4. The maximum atomic E-state index is 11.3. The minimum atomic E-state index is -1.07. The molecule has 3 aromatic rings. The predicted octanol–water partition coefficient (Wildman–Crippen LogP) is 2.52. The first-order chi connectivity index (χ1) is 10.6. The van der Waals surface area contributed by atoms with Gasteiger partial charge in [0.05, 0.1) is 5.69 Å². The van der Waals surface area contributed by atoms with Crippen molar-refractivity contribution in [1.82, 2.24) is 20.0 Å². The van der Waals surface area contributed by atoms with Crippen molar-refractivity contribution in [3.05, 3.63) is 58.4 Å². The van der Waals surface area contributed by atoms with E-state index in [1.54, 1.807) is 6.20 Å². The summed E-state index contributed by atoms with van der Waals surface area (Å²) in [6.45, 7) is 2.04. The maximum Gasteiger partial charge on any atom is 0.358 e. The van der Waals surface area contributed by atoms with Crippen LogP contribution >= 0.6 is 11.3 Å². The van der Waals surface area contributed by atoms with Crippen LogP contribution in [-0.4, -0.2) is 31.1 Å². The molecule has 0 saturated heterocycles. The average Bonchev–Trinajstić information content (AvgIpc) is 3.15. The van der Waals surface area contributed by atoms with Gasteiger partial charge in [-0.3, -0.25) is 0 Å². The van der Waals surface area contributed by atoms with Crippen LogP contribution in [0, 0.1) is 6.92 Å². The lowest BCUT2D eigenvalue weighted by Crippen LogP contribution is -2.08. The maximum absolute atomic E-state index is 11.3. The summed E-state index contributed by atoms with van der Waals surface area (Å²) < 4.78 is 1.52. The van der Waals surface area contributed by atoms with E-state index in [4.69, 9.17) is 0 Å². The monoisotopic (exact) mass is 314 g/mol. The molecule has 6 nitrogen and oxygen atoms in total. The van der Waals surface area contributed by atoms with E-state index in [-0.39, 0.29) is 5.69 Å². The zero-order valence-electron chi connectivity index (χ0n) is 11.9. The second-order valence-corrected chi connectivity index (χ2v) is 5.77. The van der Waals surface area contributed by atoms with E-state index >= 15 is 0 Å². The summed E-state index contributed by atoms with van der Waals surface area (Å²) in [6.07, 6.45) is 2.92. The SMILES string of the molecule is Cc1ccc(CCc2c(C(=O)O)nnn2-c2nccs2)cc1. The van der Waals surface area contributed by atoms with E-state index in [0.717, 1.165) is 12.0 Å². The van der Waals surface area contributed by atoms with Gasteiger partial charge in [0.25, 0.3) is 0 Å². The lowest BCUT2D eigenvalue weighted by atomic mass is 10.1. The van der Waals surface area contributed by atoms with Crippen molar-refractivity contribution in [3.63, 3.8) is 0 Å². The molecule has 2 aromatic heterocycles. The number of hydrogen-bond acceptors (Lipinski definition) is 5. The van der Waals surface area contributed by atoms with Gasteiger partial charge in [-0.05, 0) is 25.3 Å². The molecule has 22 heavy (non-hydrogen) atoms. The van der Waals surface area contributed by atoms with Crippen LogP contribution in [0.15, 0.2) is 35.8 Å². The molecule has 1 N–H and O–H groups in total. The van der Waals surface area contributed by atoms with Crippen LogP contribution < -0.4 is 0 Å². The molecule has 0 aliphatic rings. The van der Waals surface area contributed by atoms with Crippen molar-refractivity contribution in [1.29, 1.82) is 0 Å². The average molecular weight is 314 g/mol. The first-order valence-electron chi connectivity index (χ1n) is 6.78. The summed E-state index contributed by atoms with van der Waals surface area (Å²) in [6, 6.07) is 8.19. The van der Waals surface area contributed by atoms with Crippen LogP contribution in [0.4, 0.5) is 0 Å². The molecular formula is C15H14N4O2S. The van der Waals surface area contributed by atoms with Crippen molar-refractivity contribution in [3.8, 4) is 5.13 Å². The van der Waals surface area contributed by atoms with Crippen molar-refractivity contribution in [2.45, 2.75) is 19.8 Å². The van der Waals surface area contributed by atoms with Crippen molar-refractivity contribution >= 4 is 17.3 Å². The molecule has 0 fully saturated rings. The number of aromatic carboxylic acids is 1. The molecule has 2 heterocycles. The molecule has 3 rings (SSSR count). The van der Waals surface area contributed by atoms with Crippen LogP contribution in [0.3, 0.4) is 0 Å². The van der Waals surface area contributed by atoms with Gasteiger partial charge < -0.3 is 5.11 Å². The third-order valence-electron chi connectivity index (χ3n) is 3.34. The zero-order chi connectivity index (χ0) is 15.5. The van der Waals surface area contributed by atoms with Crippen molar-refractivity contribution in [2.75, 3.05) is 0 Å². The number of carboxylic acid groups (broad SMARTS) is 1. The van der Waals surface area contributed by atoms with Gasteiger partial charge in [-0.2, -0.15) is 4.68 Å². The first kappa shape index (κ1) is 14.4. The lowest BCUT2D eigenvalue weighted by molar-refractivity contribution is 0.0689. The third-order valence-corrected chi connectivity index (χ3v) is 4.08. The molecule has 0 saturated carbocycles.